The molecule has 0 aliphatic heterocycles. The lowest BCUT2D eigenvalue weighted by molar-refractivity contribution is -0.130. The van der Waals surface area contributed by atoms with Crippen LogP contribution in [0, 0.1) is 0 Å². The zero-order valence-electron chi connectivity index (χ0n) is 10.2. The highest BCUT2D eigenvalue weighted by atomic mass is 32.2. The molecule has 0 aliphatic carbocycles. The molecule has 0 heterocycles. The van der Waals surface area contributed by atoms with Gasteiger partial charge in [-0.1, -0.05) is 26.2 Å². The summed E-state index contributed by atoms with van der Waals surface area (Å²) >= 11 is 0. The van der Waals surface area contributed by atoms with Crippen LogP contribution in [-0.4, -0.2) is 26.3 Å². The number of hydrogen-bond acceptors (Lipinski definition) is 3. The second kappa shape index (κ2) is 7.60. The van der Waals surface area contributed by atoms with E-state index in [0.29, 0.717) is 6.42 Å². The molecule has 0 unspecified atom stereocenters. The van der Waals surface area contributed by atoms with Crippen LogP contribution in [0.4, 0.5) is 13.2 Å². The zero-order valence-corrected chi connectivity index (χ0v) is 11.0. The molecule has 0 radical (unpaired) electrons. The van der Waals surface area contributed by atoms with Crippen molar-refractivity contribution >= 4 is 15.9 Å². The third kappa shape index (κ3) is 10.4. The van der Waals surface area contributed by atoms with Gasteiger partial charge in [0.1, 0.15) is 0 Å². The molecule has 1 N–H and O–H groups in total. The van der Waals surface area contributed by atoms with E-state index >= 15 is 0 Å². The molecule has 0 aromatic heterocycles. The SMILES string of the molecule is CCCCCCC(=O)NS(=O)(=O)CCC(F)(F)F. The Bertz CT molecular complexity index is 352. The molecule has 0 saturated heterocycles. The van der Waals surface area contributed by atoms with E-state index in [1.807, 2.05) is 6.92 Å². The molecule has 0 spiro atoms. The van der Waals surface area contributed by atoms with Crippen LogP contribution in [0.15, 0.2) is 0 Å². The third-order valence-corrected chi connectivity index (χ3v) is 3.46. The minimum Gasteiger partial charge on any atom is -0.274 e. The maximum atomic E-state index is 11.8. The van der Waals surface area contributed by atoms with Crippen molar-refractivity contribution in [1.82, 2.24) is 4.72 Å². The number of nitrogens with one attached hydrogen (secondary N) is 1. The van der Waals surface area contributed by atoms with Gasteiger partial charge >= 0.3 is 6.18 Å². The van der Waals surface area contributed by atoms with Crippen LogP contribution in [0.1, 0.15) is 45.4 Å². The summed E-state index contributed by atoms with van der Waals surface area (Å²) in [6.45, 7) is 1.99. The van der Waals surface area contributed by atoms with Crippen molar-refractivity contribution in [3.05, 3.63) is 0 Å². The van der Waals surface area contributed by atoms with Crippen molar-refractivity contribution in [2.75, 3.05) is 5.75 Å². The lowest BCUT2D eigenvalue weighted by atomic mass is 10.1. The van der Waals surface area contributed by atoms with E-state index < -0.39 is 34.3 Å². The number of carbonyl (C=O) groups excluding carboxylic acids is 1. The minimum atomic E-state index is -4.54. The Balaban J connectivity index is 3.97. The van der Waals surface area contributed by atoms with Crippen molar-refractivity contribution in [3.8, 4) is 0 Å². The first-order chi connectivity index (χ1) is 8.16. The Labute approximate surface area is 105 Å². The maximum absolute atomic E-state index is 11.8. The van der Waals surface area contributed by atoms with Crippen LogP contribution in [0.2, 0.25) is 0 Å². The van der Waals surface area contributed by atoms with E-state index in [9.17, 15) is 26.4 Å². The highest BCUT2D eigenvalue weighted by Crippen LogP contribution is 2.19. The van der Waals surface area contributed by atoms with Gasteiger partial charge in [-0.25, -0.2) is 8.42 Å². The van der Waals surface area contributed by atoms with Crippen molar-refractivity contribution in [2.45, 2.75) is 51.6 Å². The van der Waals surface area contributed by atoms with Gasteiger partial charge in [0.05, 0.1) is 12.2 Å². The van der Waals surface area contributed by atoms with Gasteiger partial charge in [0.2, 0.25) is 15.9 Å². The Kier molecular flexibility index (Phi) is 7.27. The molecule has 0 atom stereocenters. The molecule has 0 rings (SSSR count). The van der Waals surface area contributed by atoms with Crippen LogP contribution in [0.25, 0.3) is 0 Å². The van der Waals surface area contributed by atoms with Gasteiger partial charge < -0.3 is 0 Å². The molecule has 0 fully saturated rings. The number of alkyl halides is 3. The maximum Gasteiger partial charge on any atom is 0.390 e. The second-order valence-corrected chi connectivity index (χ2v) is 5.86. The molecule has 8 heteroatoms. The van der Waals surface area contributed by atoms with Gasteiger partial charge in [0, 0.05) is 6.42 Å². The van der Waals surface area contributed by atoms with E-state index in [-0.39, 0.29) is 6.42 Å². The number of unbranched alkanes of at least 4 members (excludes halogenated alkanes) is 3. The average molecular weight is 289 g/mol. The molecule has 18 heavy (non-hydrogen) atoms. The molecule has 0 aliphatic rings. The molecule has 0 aromatic rings. The Hall–Kier alpha value is -0.790. The van der Waals surface area contributed by atoms with Gasteiger partial charge in [-0.3, -0.25) is 9.52 Å². The normalized spacial score (nSPS) is 12.4. The van der Waals surface area contributed by atoms with E-state index in [0.717, 1.165) is 19.3 Å². The topological polar surface area (TPSA) is 63.2 Å². The fraction of sp³-hybridized carbons (Fsp3) is 0.900. The largest absolute Gasteiger partial charge is 0.390 e. The van der Waals surface area contributed by atoms with Gasteiger partial charge in [-0.05, 0) is 6.42 Å². The van der Waals surface area contributed by atoms with E-state index in [1.165, 1.54) is 0 Å². The van der Waals surface area contributed by atoms with Gasteiger partial charge in [0.25, 0.3) is 0 Å². The third-order valence-electron chi connectivity index (χ3n) is 2.18. The molecular weight excluding hydrogens is 271 g/mol. The summed E-state index contributed by atoms with van der Waals surface area (Å²) in [5.41, 5.74) is 0. The lowest BCUT2D eigenvalue weighted by Crippen LogP contribution is -2.33. The second-order valence-electron chi connectivity index (χ2n) is 4.02. The van der Waals surface area contributed by atoms with Crippen LogP contribution in [0.3, 0.4) is 0 Å². The van der Waals surface area contributed by atoms with E-state index in [1.54, 1.807) is 4.72 Å². The zero-order chi connectivity index (χ0) is 14.2. The van der Waals surface area contributed by atoms with E-state index in [2.05, 4.69) is 0 Å². The summed E-state index contributed by atoms with van der Waals surface area (Å²) < 4.78 is 59.4. The summed E-state index contributed by atoms with van der Waals surface area (Å²) in [5, 5.41) is 0. The summed E-state index contributed by atoms with van der Waals surface area (Å²) in [4.78, 5) is 11.2. The van der Waals surface area contributed by atoms with Crippen molar-refractivity contribution in [2.24, 2.45) is 0 Å². The first-order valence-corrected chi connectivity index (χ1v) is 7.41. The molecule has 0 bridgehead atoms. The summed E-state index contributed by atoms with van der Waals surface area (Å²) in [7, 11) is -4.18. The number of rotatable bonds is 8. The predicted molar refractivity (Wildman–Crippen MR) is 61.4 cm³/mol. The fourth-order valence-corrected chi connectivity index (χ4v) is 2.29. The molecule has 108 valence electrons. The Morgan fingerprint density at radius 2 is 1.78 bits per heavy atom. The number of hydrogen-bond donors (Lipinski definition) is 1. The number of carbonyl (C=O) groups is 1. The van der Waals surface area contributed by atoms with Crippen LogP contribution >= 0.6 is 0 Å². The number of sulfonamides is 1. The lowest BCUT2D eigenvalue weighted by Gasteiger charge is -2.08. The first-order valence-electron chi connectivity index (χ1n) is 5.76. The van der Waals surface area contributed by atoms with Crippen molar-refractivity contribution in [3.63, 3.8) is 0 Å². The van der Waals surface area contributed by atoms with Gasteiger partial charge in [-0.15, -0.1) is 0 Å². The monoisotopic (exact) mass is 289 g/mol. The van der Waals surface area contributed by atoms with Gasteiger partial charge in [-0.2, -0.15) is 13.2 Å². The summed E-state index contributed by atoms with van der Waals surface area (Å²) in [6, 6.07) is 0. The number of amides is 1. The number of halogens is 3. The van der Waals surface area contributed by atoms with Crippen molar-refractivity contribution in [1.29, 1.82) is 0 Å². The average Bonchev–Trinajstić information content (AvgIpc) is 2.20. The molecule has 0 aromatic carbocycles. The van der Waals surface area contributed by atoms with Crippen LogP contribution < -0.4 is 4.72 Å². The summed E-state index contributed by atoms with van der Waals surface area (Å²) in [5.74, 6) is -1.86. The van der Waals surface area contributed by atoms with Crippen LogP contribution in [0.5, 0.6) is 0 Å². The molecule has 1 amide bonds. The fourth-order valence-electron chi connectivity index (χ4n) is 1.24. The quantitative estimate of drug-likeness (QED) is 0.698. The van der Waals surface area contributed by atoms with E-state index in [4.69, 9.17) is 0 Å². The molecular formula is C10H18F3NO3S. The molecule has 4 nitrogen and oxygen atoms in total. The molecule has 0 saturated carbocycles. The summed E-state index contributed by atoms with van der Waals surface area (Å²) in [6.07, 6.45) is -2.73. The highest BCUT2D eigenvalue weighted by molar-refractivity contribution is 7.90. The van der Waals surface area contributed by atoms with Crippen LogP contribution in [-0.2, 0) is 14.8 Å². The Morgan fingerprint density at radius 3 is 2.28 bits per heavy atom. The Morgan fingerprint density at radius 1 is 1.17 bits per heavy atom. The smallest absolute Gasteiger partial charge is 0.274 e. The minimum absolute atomic E-state index is 0.0191. The standard InChI is InChI=1S/C10H18F3NO3S/c1-2-3-4-5-6-9(15)14-18(16,17)8-7-10(11,12)13/h2-8H2,1H3,(H,14,15). The van der Waals surface area contributed by atoms with Gasteiger partial charge in [0.15, 0.2) is 0 Å². The van der Waals surface area contributed by atoms with Crippen molar-refractivity contribution < 1.29 is 26.4 Å². The highest BCUT2D eigenvalue weighted by Gasteiger charge is 2.30. The predicted octanol–water partition coefficient (Wildman–Crippen LogP) is 2.36. The first kappa shape index (κ1) is 17.2.